The predicted molar refractivity (Wildman–Crippen MR) is 69.4 cm³/mol. The van der Waals surface area contributed by atoms with Crippen LogP contribution in [0.4, 0.5) is 0 Å². The Morgan fingerprint density at radius 3 is 2.61 bits per heavy atom. The monoisotopic (exact) mass is 242 g/mol. The van der Waals surface area contributed by atoms with Crippen LogP contribution in [0.1, 0.15) is 17.3 Å². The lowest BCUT2D eigenvalue weighted by atomic mass is 10.1. The van der Waals surface area contributed by atoms with Crippen LogP contribution in [0, 0.1) is 0 Å². The Balaban J connectivity index is 2.30. The molecular weight excluding hydrogens is 228 g/mol. The SMILES string of the molecule is CCOc1ccc(-c2cc(C(N)=O)ccn2)cc1. The second kappa shape index (κ2) is 5.31. The highest BCUT2D eigenvalue weighted by Crippen LogP contribution is 2.21. The quantitative estimate of drug-likeness (QED) is 0.894. The van der Waals surface area contributed by atoms with Crippen molar-refractivity contribution in [2.75, 3.05) is 6.61 Å². The zero-order valence-corrected chi connectivity index (χ0v) is 10.1. The van der Waals surface area contributed by atoms with Gasteiger partial charge in [0.2, 0.25) is 5.91 Å². The molecule has 0 saturated heterocycles. The van der Waals surface area contributed by atoms with Gasteiger partial charge in [-0.05, 0) is 43.3 Å². The maximum Gasteiger partial charge on any atom is 0.248 e. The van der Waals surface area contributed by atoms with Gasteiger partial charge in [0.25, 0.3) is 0 Å². The number of ether oxygens (including phenoxy) is 1. The molecule has 0 unspecified atom stereocenters. The van der Waals surface area contributed by atoms with Crippen molar-refractivity contribution in [3.8, 4) is 17.0 Å². The van der Waals surface area contributed by atoms with Gasteiger partial charge in [-0.15, -0.1) is 0 Å². The van der Waals surface area contributed by atoms with Crippen LogP contribution in [0.15, 0.2) is 42.6 Å². The lowest BCUT2D eigenvalue weighted by Crippen LogP contribution is -2.10. The molecule has 0 fully saturated rings. The highest BCUT2D eigenvalue weighted by atomic mass is 16.5. The minimum atomic E-state index is -0.454. The van der Waals surface area contributed by atoms with Crippen molar-refractivity contribution in [2.24, 2.45) is 5.73 Å². The Labute approximate surface area is 105 Å². The predicted octanol–water partition coefficient (Wildman–Crippen LogP) is 2.25. The van der Waals surface area contributed by atoms with Gasteiger partial charge in [-0.1, -0.05) is 0 Å². The van der Waals surface area contributed by atoms with Crippen LogP contribution in [0.5, 0.6) is 5.75 Å². The smallest absolute Gasteiger partial charge is 0.248 e. The molecule has 2 rings (SSSR count). The summed E-state index contributed by atoms with van der Waals surface area (Å²) in [7, 11) is 0. The van der Waals surface area contributed by atoms with Gasteiger partial charge in [-0.25, -0.2) is 0 Å². The molecule has 0 radical (unpaired) electrons. The number of benzene rings is 1. The number of nitrogens with two attached hydrogens (primary N) is 1. The Kier molecular flexibility index (Phi) is 3.57. The molecule has 0 aliphatic carbocycles. The molecule has 2 N–H and O–H groups in total. The van der Waals surface area contributed by atoms with Crippen LogP contribution in [0.3, 0.4) is 0 Å². The molecule has 1 aromatic heterocycles. The molecule has 0 aliphatic rings. The van der Waals surface area contributed by atoms with E-state index < -0.39 is 5.91 Å². The standard InChI is InChI=1S/C14H14N2O2/c1-2-18-12-5-3-10(4-6-12)13-9-11(14(15)17)7-8-16-13/h3-9H,2H2,1H3,(H2,15,17). The van der Waals surface area contributed by atoms with E-state index in [1.54, 1.807) is 18.3 Å². The van der Waals surface area contributed by atoms with Crippen molar-refractivity contribution in [1.82, 2.24) is 4.98 Å². The molecule has 92 valence electrons. The van der Waals surface area contributed by atoms with E-state index in [4.69, 9.17) is 10.5 Å². The molecule has 0 spiro atoms. The second-order valence-electron chi connectivity index (χ2n) is 3.75. The van der Waals surface area contributed by atoms with Gasteiger partial charge in [0.1, 0.15) is 5.75 Å². The van der Waals surface area contributed by atoms with Gasteiger partial charge in [-0.2, -0.15) is 0 Å². The van der Waals surface area contributed by atoms with E-state index in [0.717, 1.165) is 11.3 Å². The van der Waals surface area contributed by atoms with Crippen LogP contribution in [-0.4, -0.2) is 17.5 Å². The molecule has 2 aromatic rings. The Bertz CT molecular complexity index is 550. The van der Waals surface area contributed by atoms with E-state index in [2.05, 4.69) is 4.98 Å². The Hall–Kier alpha value is -2.36. The fourth-order valence-electron chi connectivity index (χ4n) is 1.63. The van der Waals surface area contributed by atoms with E-state index >= 15 is 0 Å². The molecule has 1 aromatic carbocycles. The molecule has 18 heavy (non-hydrogen) atoms. The Morgan fingerprint density at radius 2 is 2.00 bits per heavy atom. The van der Waals surface area contributed by atoms with Crippen molar-refractivity contribution >= 4 is 5.91 Å². The number of amides is 1. The van der Waals surface area contributed by atoms with Crippen LogP contribution in [0.25, 0.3) is 11.3 Å². The van der Waals surface area contributed by atoms with Crippen molar-refractivity contribution in [2.45, 2.75) is 6.92 Å². The third-order valence-corrected chi connectivity index (χ3v) is 2.51. The fraction of sp³-hybridized carbons (Fsp3) is 0.143. The van der Waals surface area contributed by atoms with Gasteiger partial charge in [0, 0.05) is 17.3 Å². The number of aromatic nitrogens is 1. The van der Waals surface area contributed by atoms with Crippen LogP contribution in [0.2, 0.25) is 0 Å². The normalized spacial score (nSPS) is 10.1. The zero-order valence-electron chi connectivity index (χ0n) is 10.1. The summed E-state index contributed by atoms with van der Waals surface area (Å²) in [6, 6.07) is 10.8. The summed E-state index contributed by atoms with van der Waals surface area (Å²) in [5.41, 5.74) is 7.33. The molecule has 0 aliphatic heterocycles. The number of carbonyl (C=O) groups excluding carboxylic acids is 1. The highest BCUT2D eigenvalue weighted by Gasteiger charge is 2.04. The Morgan fingerprint density at radius 1 is 1.28 bits per heavy atom. The first-order valence-electron chi connectivity index (χ1n) is 5.70. The second-order valence-corrected chi connectivity index (χ2v) is 3.75. The topological polar surface area (TPSA) is 65.2 Å². The first-order chi connectivity index (χ1) is 8.70. The maximum absolute atomic E-state index is 11.1. The van der Waals surface area contributed by atoms with Crippen molar-refractivity contribution in [1.29, 1.82) is 0 Å². The van der Waals surface area contributed by atoms with Crippen LogP contribution >= 0.6 is 0 Å². The van der Waals surface area contributed by atoms with Gasteiger partial charge in [0.05, 0.1) is 12.3 Å². The summed E-state index contributed by atoms with van der Waals surface area (Å²) in [5.74, 6) is 0.358. The van der Waals surface area contributed by atoms with E-state index in [1.165, 1.54) is 0 Å². The zero-order chi connectivity index (χ0) is 13.0. The molecule has 1 heterocycles. The summed E-state index contributed by atoms with van der Waals surface area (Å²) in [5, 5.41) is 0. The minimum Gasteiger partial charge on any atom is -0.494 e. The van der Waals surface area contributed by atoms with Crippen molar-refractivity contribution in [3.63, 3.8) is 0 Å². The largest absolute Gasteiger partial charge is 0.494 e. The number of primary amides is 1. The molecule has 0 bridgehead atoms. The summed E-state index contributed by atoms with van der Waals surface area (Å²) >= 11 is 0. The summed E-state index contributed by atoms with van der Waals surface area (Å²) in [6.07, 6.45) is 1.58. The number of hydrogen-bond acceptors (Lipinski definition) is 3. The van der Waals surface area contributed by atoms with Crippen LogP contribution < -0.4 is 10.5 Å². The van der Waals surface area contributed by atoms with Crippen LogP contribution in [-0.2, 0) is 0 Å². The molecule has 1 amide bonds. The number of hydrogen-bond donors (Lipinski definition) is 1. The number of rotatable bonds is 4. The van der Waals surface area contributed by atoms with Gasteiger partial charge in [-0.3, -0.25) is 9.78 Å². The summed E-state index contributed by atoms with van der Waals surface area (Å²) in [6.45, 7) is 2.57. The van der Waals surface area contributed by atoms with Gasteiger partial charge < -0.3 is 10.5 Å². The molecule has 0 atom stereocenters. The molecule has 4 nitrogen and oxygen atoms in total. The first-order valence-corrected chi connectivity index (χ1v) is 5.70. The van der Waals surface area contributed by atoms with Crippen molar-refractivity contribution < 1.29 is 9.53 Å². The van der Waals surface area contributed by atoms with Gasteiger partial charge >= 0.3 is 0 Å². The van der Waals surface area contributed by atoms with E-state index in [0.29, 0.717) is 17.9 Å². The lowest BCUT2D eigenvalue weighted by molar-refractivity contribution is 0.1000. The third kappa shape index (κ3) is 2.66. The maximum atomic E-state index is 11.1. The highest BCUT2D eigenvalue weighted by molar-refractivity contribution is 5.93. The first kappa shape index (κ1) is 12.1. The molecular formula is C14H14N2O2. The number of carbonyl (C=O) groups is 1. The number of nitrogens with zero attached hydrogens (tertiary/aromatic N) is 1. The number of pyridine rings is 1. The van der Waals surface area contributed by atoms with E-state index in [-0.39, 0.29) is 0 Å². The lowest BCUT2D eigenvalue weighted by Gasteiger charge is -2.05. The fourth-order valence-corrected chi connectivity index (χ4v) is 1.63. The summed E-state index contributed by atoms with van der Waals surface area (Å²) in [4.78, 5) is 15.3. The minimum absolute atomic E-state index is 0.453. The van der Waals surface area contributed by atoms with Gasteiger partial charge in [0.15, 0.2) is 0 Å². The average molecular weight is 242 g/mol. The van der Waals surface area contributed by atoms with E-state index in [9.17, 15) is 4.79 Å². The molecule has 4 heteroatoms. The third-order valence-electron chi connectivity index (χ3n) is 2.51. The molecule has 0 saturated carbocycles. The summed E-state index contributed by atoms with van der Waals surface area (Å²) < 4.78 is 5.36. The van der Waals surface area contributed by atoms with Crippen molar-refractivity contribution in [3.05, 3.63) is 48.2 Å². The average Bonchev–Trinajstić information content (AvgIpc) is 2.40. The van der Waals surface area contributed by atoms with E-state index in [1.807, 2.05) is 31.2 Å².